The van der Waals surface area contributed by atoms with Crippen LogP contribution >= 0.6 is 0 Å². The van der Waals surface area contributed by atoms with Crippen molar-refractivity contribution in [3.8, 4) is 5.75 Å². The normalized spacial score (nSPS) is 17.8. The lowest BCUT2D eigenvalue weighted by Gasteiger charge is -2.22. The maximum atomic E-state index is 11.9. The minimum absolute atomic E-state index is 0.192. The van der Waals surface area contributed by atoms with Crippen LogP contribution in [0, 0.1) is 0 Å². The largest absolute Gasteiger partial charge is 0.495 e. The van der Waals surface area contributed by atoms with Gasteiger partial charge >= 0.3 is 0 Å². The van der Waals surface area contributed by atoms with E-state index >= 15 is 0 Å². The highest BCUT2D eigenvalue weighted by molar-refractivity contribution is 7.90. The third kappa shape index (κ3) is 3.48. The molecule has 6 heteroatoms. The summed E-state index contributed by atoms with van der Waals surface area (Å²) in [6.45, 7) is 1.71. The van der Waals surface area contributed by atoms with Gasteiger partial charge in [-0.05, 0) is 30.7 Å². The van der Waals surface area contributed by atoms with Gasteiger partial charge in [-0.25, -0.2) is 8.42 Å². The smallest absolute Gasteiger partial charge is 0.177 e. The van der Waals surface area contributed by atoms with Crippen LogP contribution in [0.4, 0.5) is 11.4 Å². The quantitative estimate of drug-likeness (QED) is 0.902. The van der Waals surface area contributed by atoms with Gasteiger partial charge in [-0.15, -0.1) is 0 Å². The molecule has 0 radical (unpaired) electrons. The Hall–Kier alpha value is -2.21. The topological polar surface area (TPSA) is 58.6 Å². The van der Waals surface area contributed by atoms with Crippen LogP contribution in [0.1, 0.15) is 6.42 Å². The third-order valence-electron chi connectivity index (χ3n) is 4.26. The lowest BCUT2D eigenvalue weighted by molar-refractivity contribution is 0.415. The maximum Gasteiger partial charge on any atom is 0.177 e. The minimum Gasteiger partial charge on any atom is -0.495 e. The zero-order valence-corrected chi connectivity index (χ0v) is 14.7. The van der Waals surface area contributed by atoms with Gasteiger partial charge in [0.1, 0.15) is 5.75 Å². The molecule has 128 valence electrons. The fraction of sp³-hybridized carbons (Fsp3) is 0.333. The van der Waals surface area contributed by atoms with Crippen LogP contribution in [-0.2, 0) is 9.84 Å². The number of nitrogens with one attached hydrogen (secondary N) is 1. The second-order valence-corrected chi connectivity index (χ2v) is 8.00. The van der Waals surface area contributed by atoms with E-state index in [1.807, 2.05) is 36.4 Å². The highest BCUT2D eigenvalue weighted by atomic mass is 32.2. The van der Waals surface area contributed by atoms with E-state index in [1.54, 1.807) is 19.2 Å². The number of hydrogen-bond acceptors (Lipinski definition) is 5. The zero-order chi connectivity index (χ0) is 17.2. The van der Waals surface area contributed by atoms with Crippen LogP contribution in [0.3, 0.4) is 0 Å². The lowest BCUT2D eigenvalue weighted by atomic mass is 10.2. The van der Waals surface area contributed by atoms with E-state index in [-0.39, 0.29) is 6.04 Å². The van der Waals surface area contributed by atoms with Crippen molar-refractivity contribution in [2.24, 2.45) is 0 Å². The molecule has 24 heavy (non-hydrogen) atoms. The van der Waals surface area contributed by atoms with E-state index in [9.17, 15) is 8.42 Å². The molecular formula is C18H22N2O3S. The summed E-state index contributed by atoms with van der Waals surface area (Å²) in [7, 11) is -1.57. The number of benzene rings is 2. The summed E-state index contributed by atoms with van der Waals surface area (Å²) in [5.41, 5.74) is 1.74. The molecule has 1 atom stereocenters. The van der Waals surface area contributed by atoms with Crippen molar-refractivity contribution in [1.29, 1.82) is 0 Å². The number of ether oxygens (including phenoxy) is 1. The Bertz CT molecular complexity index is 821. The zero-order valence-electron chi connectivity index (χ0n) is 13.9. The van der Waals surface area contributed by atoms with E-state index in [1.165, 1.54) is 6.26 Å². The van der Waals surface area contributed by atoms with E-state index < -0.39 is 9.84 Å². The molecule has 1 fully saturated rings. The first-order valence-corrected chi connectivity index (χ1v) is 9.82. The number of para-hydroxylation sites is 3. The average molecular weight is 346 g/mol. The molecular weight excluding hydrogens is 324 g/mol. The Morgan fingerprint density at radius 1 is 1.12 bits per heavy atom. The van der Waals surface area contributed by atoms with Crippen molar-refractivity contribution in [2.75, 3.05) is 36.7 Å². The molecule has 2 aromatic carbocycles. The molecule has 1 heterocycles. The second kappa shape index (κ2) is 6.73. The van der Waals surface area contributed by atoms with Gasteiger partial charge in [0.15, 0.2) is 9.84 Å². The Morgan fingerprint density at radius 2 is 1.83 bits per heavy atom. The number of methoxy groups -OCH3 is 1. The minimum atomic E-state index is -3.25. The van der Waals surface area contributed by atoms with E-state index in [0.717, 1.165) is 30.9 Å². The van der Waals surface area contributed by atoms with Crippen molar-refractivity contribution in [2.45, 2.75) is 17.4 Å². The number of hydrogen-bond donors (Lipinski definition) is 1. The predicted octanol–water partition coefficient (Wildman–Crippen LogP) is 2.79. The molecule has 1 aliphatic heterocycles. The van der Waals surface area contributed by atoms with E-state index in [2.05, 4.69) is 10.2 Å². The van der Waals surface area contributed by atoms with Gasteiger partial charge in [0.25, 0.3) is 0 Å². The fourth-order valence-electron chi connectivity index (χ4n) is 3.12. The van der Waals surface area contributed by atoms with Crippen LogP contribution in [0.25, 0.3) is 0 Å². The van der Waals surface area contributed by atoms with Gasteiger partial charge in [0, 0.05) is 25.4 Å². The van der Waals surface area contributed by atoms with Crippen LogP contribution in [0.2, 0.25) is 0 Å². The van der Waals surface area contributed by atoms with Gasteiger partial charge in [-0.3, -0.25) is 0 Å². The fourth-order valence-corrected chi connectivity index (χ4v) is 3.97. The highest BCUT2D eigenvalue weighted by Gasteiger charge is 2.25. The first-order valence-electron chi connectivity index (χ1n) is 7.92. The number of anilines is 2. The number of nitrogens with zero attached hydrogens (tertiary/aromatic N) is 1. The summed E-state index contributed by atoms with van der Waals surface area (Å²) >= 11 is 0. The van der Waals surface area contributed by atoms with Gasteiger partial charge in [0.2, 0.25) is 0 Å². The SMILES string of the molecule is COc1ccccc1N1CCC(Nc2ccccc2S(C)(=O)=O)C1. The van der Waals surface area contributed by atoms with Gasteiger partial charge in [-0.1, -0.05) is 24.3 Å². The molecule has 0 amide bonds. The molecule has 3 rings (SSSR count). The predicted molar refractivity (Wildman–Crippen MR) is 96.8 cm³/mol. The van der Waals surface area contributed by atoms with Crippen molar-refractivity contribution in [3.63, 3.8) is 0 Å². The summed E-state index contributed by atoms with van der Waals surface area (Å²) in [6, 6.07) is 15.2. The Labute approximate surface area is 143 Å². The standard InChI is InChI=1S/C18H22N2O3S/c1-23-17-9-5-4-8-16(17)20-12-11-14(13-20)19-15-7-3-6-10-18(15)24(2,21)22/h3-10,14,19H,11-13H2,1-2H3. The molecule has 0 aromatic heterocycles. The van der Waals surface area contributed by atoms with Crippen molar-refractivity contribution in [3.05, 3.63) is 48.5 Å². The molecule has 1 saturated heterocycles. The first kappa shape index (κ1) is 16.6. The van der Waals surface area contributed by atoms with Crippen LogP contribution < -0.4 is 15.0 Å². The summed E-state index contributed by atoms with van der Waals surface area (Å²) in [6.07, 6.45) is 2.18. The summed E-state index contributed by atoms with van der Waals surface area (Å²) in [5, 5.41) is 3.39. The summed E-state index contributed by atoms with van der Waals surface area (Å²) in [4.78, 5) is 2.61. The highest BCUT2D eigenvalue weighted by Crippen LogP contribution is 2.31. The van der Waals surface area contributed by atoms with E-state index in [4.69, 9.17) is 4.74 Å². The molecule has 0 saturated carbocycles. The molecule has 5 nitrogen and oxygen atoms in total. The van der Waals surface area contributed by atoms with Gasteiger partial charge in [-0.2, -0.15) is 0 Å². The van der Waals surface area contributed by atoms with Crippen LogP contribution in [0.15, 0.2) is 53.4 Å². The van der Waals surface area contributed by atoms with Crippen LogP contribution in [0.5, 0.6) is 5.75 Å². The van der Waals surface area contributed by atoms with Crippen molar-refractivity contribution < 1.29 is 13.2 Å². The molecule has 2 aromatic rings. The number of sulfone groups is 1. The third-order valence-corrected chi connectivity index (χ3v) is 5.42. The molecule has 1 aliphatic rings. The molecule has 0 aliphatic carbocycles. The van der Waals surface area contributed by atoms with Crippen molar-refractivity contribution in [1.82, 2.24) is 0 Å². The number of rotatable bonds is 5. The van der Waals surface area contributed by atoms with Gasteiger partial charge in [0.05, 0.1) is 23.4 Å². The molecule has 1 N–H and O–H groups in total. The summed E-state index contributed by atoms with van der Waals surface area (Å²) < 4.78 is 29.3. The Morgan fingerprint density at radius 3 is 2.58 bits per heavy atom. The Balaban J connectivity index is 1.76. The van der Waals surface area contributed by atoms with E-state index in [0.29, 0.717) is 10.6 Å². The maximum absolute atomic E-state index is 11.9. The average Bonchev–Trinajstić information content (AvgIpc) is 3.02. The summed E-state index contributed by atoms with van der Waals surface area (Å²) in [5.74, 6) is 0.856. The lowest BCUT2D eigenvalue weighted by Crippen LogP contribution is -2.26. The Kier molecular flexibility index (Phi) is 4.66. The molecule has 0 spiro atoms. The van der Waals surface area contributed by atoms with Gasteiger partial charge < -0.3 is 15.0 Å². The van der Waals surface area contributed by atoms with Crippen LogP contribution in [-0.4, -0.2) is 40.9 Å². The monoisotopic (exact) mass is 346 g/mol. The second-order valence-electron chi connectivity index (χ2n) is 6.02. The first-order chi connectivity index (χ1) is 11.5. The van der Waals surface area contributed by atoms with Crippen molar-refractivity contribution >= 4 is 21.2 Å². The molecule has 1 unspecified atom stereocenters. The molecule has 0 bridgehead atoms.